The fourth-order valence-corrected chi connectivity index (χ4v) is 4.90. The molecule has 0 bridgehead atoms. The minimum Gasteiger partial charge on any atom is -0.394 e. The summed E-state index contributed by atoms with van der Waals surface area (Å²) in [5.41, 5.74) is 1.88. The summed E-state index contributed by atoms with van der Waals surface area (Å²) in [5.74, 6) is 0. The average Bonchev–Trinajstić information content (AvgIpc) is 2.93. The molecular formula is C26H36O12. The van der Waals surface area contributed by atoms with Gasteiger partial charge in [0.15, 0.2) is 12.6 Å². The summed E-state index contributed by atoms with van der Waals surface area (Å²) in [4.78, 5) is 0. The maximum absolute atomic E-state index is 10.2. The molecule has 2 fully saturated rings. The highest BCUT2D eigenvalue weighted by molar-refractivity contribution is 5.89. The molecule has 8 N–H and O–H groups in total. The first-order chi connectivity index (χ1) is 18.3. The van der Waals surface area contributed by atoms with Crippen molar-refractivity contribution in [3.05, 3.63) is 47.5 Å². The van der Waals surface area contributed by atoms with Gasteiger partial charge in [-0.25, -0.2) is 0 Å². The number of benzene rings is 2. The van der Waals surface area contributed by atoms with E-state index in [1.165, 1.54) is 0 Å². The lowest BCUT2D eigenvalue weighted by molar-refractivity contribution is -0.300. The zero-order valence-corrected chi connectivity index (χ0v) is 20.7. The fraction of sp³-hybridized carbons (Fsp3) is 0.615. The lowest BCUT2D eigenvalue weighted by atomic mass is 9.96. The minimum absolute atomic E-state index is 0.123. The molecule has 2 aromatic carbocycles. The predicted molar refractivity (Wildman–Crippen MR) is 131 cm³/mol. The summed E-state index contributed by atoms with van der Waals surface area (Å²) in [5, 5.41) is 80.8. The van der Waals surface area contributed by atoms with E-state index in [1.807, 2.05) is 36.4 Å². The average molecular weight is 541 g/mol. The number of ether oxygens (including phenoxy) is 4. The van der Waals surface area contributed by atoms with Crippen molar-refractivity contribution in [3.63, 3.8) is 0 Å². The van der Waals surface area contributed by atoms with Crippen molar-refractivity contribution in [2.45, 2.75) is 74.3 Å². The standard InChI is InChI=1S/C26H36O12/c27-11-16-19(29)21(31)23(33)25(37-16)35-9-7-14-5-1-3-13-4-2-6-15(18(13)14)8-10-36-26-24(34)22(32)20(30)17(12-28)38-26/h1-6,16-17,19-34H,7-12H2/t16-,17-,19-,20-,21+,22+,23-,24-,25-,26-/m1/s1. The minimum atomic E-state index is -1.52. The molecule has 0 unspecified atom stereocenters. The van der Waals surface area contributed by atoms with Gasteiger partial charge in [0.1, 0.15) is 48.8 Å². The van der Waals surface area contributed by atoms with Gasteiger partial charge in [-0.1, -0.05) is 36.4 Å². The second-order valence-electron chi connectivity index (χ2n) is 9.57. The molecule has 38 heavy (non-hydrogen) atoms. The Bertz CT molecular complexity index is 956. The summed E-state index contributed by atoms with van der Waals surface area (Å²) < 4.78 is 22.1. The van der Waals surface area contributed by atoms with Crippen LogP contribution in [-0.4, -0.2) is 129 Å². The van der Waals surface area contributed by atoms with Crippen LogP contribution in [0, 0.1) is 0 Å². The number of aliphatic hydroxyl groups is 8. The van der Waals surface area contributed by atoms with Crippen molar-refractivity contribution in [2.24, 2.45) is 0 Å². The van der Waals surface area contributed by atoms with Gasteiger partial charge >= 0.3 is 0 Å². The quantitative estimate of drug-likeness (QED) is 0.159. The molecule has 0 spiro atoms. The van der Waals surface area contributed by atoms with Gasteiger partial charge in [-0.3, -0.25) is 0 Å². The van der Waals surface area contributed by atoms with Crippen LogP contribution in [0.3, 0.4) is 0 Å². The monoisotopic (exact) mass is 540 g/mol. The Hall–Kier alpha value is -1.78. The Morgan fingerprint density at radius 1 is 0.579 bits per heavy atom. The zero-order chi connectivity index (χ0) is 27.4. The van der Waals surface area contributed by atoms with Crippen LogP contribution in [0.15, 0.2) is 36.4 Å². The Morgan fingerprint density at radius 2 is 1.00 bits per heavy atom. The van der Waals surface area contributed by atoms with E-state index in [9.17, 15) is 40.9 Å². The lowest BCUT2D eigenvalue weighted by Gasteiger charge is -2.39. The van der Waals surface area contributed by atoms with Gasteiger partial charge in [0.05, 0.1) is 26.4 Å². The van der Waals surface area contributed by atoms with Gasteiger partial charge in [0.2, 0.25) is 0 Å². The smallest absolute Gasteiger partial charge is 0.186 e. The van der Waals surface area contributed by atoms with Crippen LogP contribution in [-0.2, 0) is 31.8 Å². The van der Waals surface area contributed by atoms with Gasteiger partial charge in [-0.05, 0) is 34.7 Å². The first kappa shape index (κ1) is 29.2. The maximum Gasteiger partial charge on any atom is 0.186 e. The Labute approximate surface area is 219 Å². The van der Waals surface area contributed by atoms with Gasteiger partial charge in [-0.15, -0.1) is 0 Å². The summed E-state index contributed by atoms with van der Waals surface area (Å²) >= 11 is 0. The maximum atomic E-state index is 10.2. The summed E-state index contributed by atoms with van der Waals surface area (Å²) in [6.07, 6.45) is -12.6. The van der Waals surface area contributed by atoms with Crippen molar-refractivity contribution in [2.75, 3.05) is 26.4 Å². The second-order valence-corrected chi connectivity index (χ2v) is 9.57. The first-order valence-corrected chi connectivity index (χ1v) is 12.6. The summed E-state index contributed by atoms with van der Waals surface area (Å²) in [6.45, 7) is -0.833. The normalized spacial score (nSPS) is 36.0. The third kappa shape index (κ3) is 6.17. The lowest BCUT2D eigenvalue weighted by Crippen LogP contribution is -2.59. The molecule has 0 amide bonds. The molecule has 12 heteroatoms. The largest absolute Gasteiger partial charge is 0.394 e. The van der Waals surface area contributed by atoms with Crippen LogP contribution in [0.2, 0.25) is 0 Å². The van der Waals surface area contributed by atoms with E-state index in [0.29, 0.717) is 12.8 Å². The molecule has 0 saturated carbocycles. The molecule has 0 aromatic heterocycles. The van der Waals surface area contributed by atoms with Crippen molar-refractivity contribution in [1.29, 1.82) is 0 Å². The molecule has 4 rings (SSSR count). The van der Waals surface area contributed by atoms with Crippen molar-refractivity contribution < 1.29 is 59.8 Å². The van der Waals surface area contributed by atoms with Gasteiger partial charge in [0.25, 0.3) is 0 Å². The van der Waals surface area contributed by atoms with Crippen LogP contribution < -0.4 is 0 Å². The van der Waals surface area contributed by atoms with Crippen LogP contribution in [0.1, 0.15) is 11.1 Å². The molecule has 2 aliphatic rings. The van der Waals surface area contributed by atoms with Gasteiger partial charge in [-0.2, -0.15) is 0 Å². The molecule has 2 heterocycles. The molecule has 0 radical (unpaired) electrons. The summed E-state index contributed by atoms with van der Waals surface area (Å²) in [6, 6.07) is 11.6. The topological polar surface area (TPSA) is 199 Å². The second kappa shape index (κ2) is 13.0. The van der Waals surface area contributed by atoms with E-state index in [-0.39, 0.29) is 13.2 Å². The first-order valence-electron chi connectivity index (χ1n) is 12.6. The van der Waals surface area contributed by atoms with Gasteiger partial charge < -0.3 is 59.8 Å². The number of rotatable bonds is 10. The van der Waals surface area contributed by atoms with E-state index < -0.39 is 74.6 Å². The van der Waals surface area contributed by atoms with E-state index in [2.05, 4.69) is 0 Å². The molecule has 2 aromatic rings. The summed E-state index contributed by atoms with van der Waals surface area (Å²) in [7, 11) is 0. The highest BCUT2D eigenvalue weighted by Gasteiger charge is 2.45. The SMILES string of the molecule is OC[C@H]1O[C@@H](OCCc2cccc3cccc(CCO[C@@H]4O[C@H](CO)[C@@H](O)[C@H](O)[C@H]4O)c23)[C@H](O)[C@@H](O)[C@@H]1O. The van der Waals surface area contributed by atoms with E-state index >= 15 is 0 Å². The number of hydrogen-bond donors (Lipinski definition) is 8. The van der Waals surface area contributed by atoms with E-state index in [1.54, 1.807) is 0 Å². The van der Waals surface area contributed by atoms with Crippen molar-refractivity contribution in [3.8, 4) is 0 Å². The Morgan fingerprint density at radius 3 is 1.39 bits per heavy atom. The number of aliphatic hydroxyl groups excluding tert-OH is 8. The van der Waals surface area contributed by atoms with Crippen LogP contribution in [0.5, 0.6) is 0 Å². The van der Waals surface area contributed by atoms with Crippen LogP contribution in [0.25, 0.3) is 10.8 Å². The van der Waals surface area contributed by atoms with Crippen molar-refractivity contribution >= 4 is 10.8 Å². The fourth-order valence-electron chi connectivity index (χ4n) is 4.90. The Kier molecular flexibility index (Phi) is 10.0. The molecule has 2 aliphatic heterocycles. The van der Waals surface area contributed by atoms with E-state index in [4.69, 9.17) is 18.9 Å². The van der Waals surface area contributed by atoms with Crippen molar-refractivity contribution in [1.82, 2.24) is 0 Å². The Balaban J connectivity index is 1.40. The molecule has 0 aliphatic carbocycles. The third-order valence-corrected chi connectivity index (χ3v) is 7.08. The molecule has 10 atom stereocenters. The van der Waals surface area contributed by atoms with Crippen LogP contribution >= 0.6 is 0 Å². The number of fused-ring (bicyclic) bond motifs is 1. The molecule has 12 nitrogen and oxygen atoms in total. The number of hydrogen-bond acceptors (Lipinski definition) is 12. The highest BCUT2D eigenvalue weighted by Crippen LogP contribution is 2.27. The molecular weight excluding hydrogens is 504 g/mol. The predicted octanol–water partition coefficient (Wildman–Crippen LogP) is -2.44. The van der Waals surface area contributed by atoms with E-state index in [0.717, 1.165) is 21.9 Å². The highest BCUT2D eigenvalue weighted by atomic mass is 16.7. The molecule has 212 valence electrons. The molecule has 2 saturated heterocycles. The zero-order valence-electron chi connectivity index (χ0n) is 20.7. The van der Waals surface area contributed by atoms with Gasteiger partial charge in [0, 0.05) is 0 Å². The van der Waals surface area contributed by atoms with Crippen LogP contribution in [0.4, 0.5) is 0 Å². The third-order valence-electron chi connectivity index (χ3n) is 7.08.